The van der Waals surface area contributed by atoms with Crippen LogP contribution >= 0.6 is 15.9 Å². The molecule has 0 spiro atoms. The molecule has 0 aliphatic carbocycles. The highest BCUT2D eigenvalue weighted by Gasteiger charge is 2.30. The van der Waals surface area contributed by atoms with Gasteiger partial charge in [-0.1, -0.05) is 28.1 Å². The van der Waals surface area contributed by atoms with Gasteiger partial charge >= 0.3 is 0 Å². The van der Waals surface area contributed by atoms with Gasteiger partial charge in [-0.05, 0) is 56.5 Å². The van der Waals surface area contributed by atoms with Gasteiger partial charge in [-0.25, -0.2) is 0 Å². The molecule has 5 heteroatoms. The van der Waals surface area contributed by atoms with Crippen LogP contribution < -0.4 is 5.73 Å². The number of hydrogen-bond acceptors (Lipinski definition) is 3. The van der Waals surface area contributed by atoms with Gasteiger partial charge in [0, 0.05) is 4.47 Å². The van der Waals surface area contributed by atoms with Crippen molar-refractivity contribution in [3.05, 3.63) is 34.3 Å². The number of nitrogens with zero attached hydrogens (tertiary/aromatic N) is 1. The summed E-state index contributed by atoms with van der Waals surface area (Å²) in [6.07, 6.45) is 1.52. The van der Waals surface area contributed by atoms with Crippen molar-refractivity contribution in [3.8, 4) is 0 Å². The molecule has 20 heavy (non-hydrogen) atoms. The van der Waals surface area contributed by atoms with E-state index in [2.05, 4.69) is 20.8 Å². The maximum Gasteiger partial charge on any atom is 0.239 e. The average Bonchev–Trinajstić information content (AvgIpc) is 2.41. The van der Waals surface area contributed by atoms with Crippen LogP contribution in [0, 0.1) is 5.92 Å². The molecule has 1 aliphatic heterocycles. The SMILES string of the molecule is CC(O)C1CCN(C(C(N)=O)c2ccc(Br)cc2)CC1. The van der Waals surface area contributed by atoms with Crippen LogP contribution in [-0.2, 0) is 4.79 Å². The van der Waals surface area contributed by atoms with Crippen molar-refractivity contribution in [2.24, 2.45) is 11.7 Å². The maximum atomic E-state index is 11.8. The summed E-state index contributed by atoms with van der Waals surface area (Å²) in [7, 11) is 0. The van der Waals surface area contributed by atoms with E-state index in [-0.39, 0.29) is 18.1 Å². The van der Waals surface area contributed by atoms with Gasteiger partial charge in [0.2, 0.25) is 5.91 Å². The monoisotopic (exact) mass is 340 g/mol. The number of piperidine rings is 1. The van der Waals surface area contributed by atoms with E-state index in [1.165, 1.54) is 0 Å². The topological polar surface area (TPSA) is 66.6 Å². The molecule has 2 unspecified atom stereocenters. The highest BCUT2D eigenvalue weighted by molar-refractivity contribution is 9.10. The summed E-state index contributed by atoms with van der Waals surface area (Å²) in [6, 6.07) is 7.33. The van der Waals surface area contributed by atoms with Gasteiger partial charge < -0.3 is 10.8 Å². The lowest BCUT2D eigenvalue weighted by Crippen LogP contribution is -2.44. The predicted octanol–water partition coefficient (Wildman–Crippen LogP) is 2.07. The maximum absolute atomic E-state index is 11.8. The van der Waals surface area contributed by atoms with Gasteiger partial charge in [0.25, 0.3) is 0 Å². The Kier molecular flexibility index (Phi) is 5.18. The lowest BCUT2D eigenvalue weighted by molar-refractivity contribution is -0.124. The van der Waals surface area contributed by atoms with Gasteiger partial charge in [-0.3, -0.25) is 9.69 Å². The molecule has 110 valence electrons. The van der Waals surface area contributed by atoms with Gasteiger partial charge in [-0.2, -0.15) is 0 Å². The highest BCUT2D eigenvalue weighted by Crippen LogP contribution is 2.28. The van der Waals surface area contributed by atoms with E-state index < -0.39 is 0 Å². The van der Waals surface area contributed by atoms with E-state index in [0.717, 1.165) is 36.0 Å². The lowest BCUT2D eigenvalue weighted by atomic mass is 9.90. The fraction of sp³-hybridized carbons (Fsp3) is 0.533. The van der Waals surface area contributed by atoms with E-state index in [1.54, 1.807) is 0 Å². The zero-order valence-corrected chi connectivity index (χ0v) is 13.2. The Balaban J connectivity index is 2.11. The molecule has 4 nitrogen and oxygen atoms in total. The summed E-state index contributed by atoms with van der Waals surface area (Å²) >= 11 is 3.39. The van der Waals surface area contributed by atoms with E-state index in [9.17, 15) is 9.90 Å². The molecule has 1 saturated heterocycles. The van der Waals surface area contributed by atoms with E-state index in [0.29, 0.717) is 5.92 Å². The van der Waals surface area contributed by atoms with Crippen LogP contribution in [0.1, 0.15) is 31.4 Å². The molecule has 3 N–H and O–H groups in total. The summed E-state index contributed by atoms with van der Waals surface area (Å²) in [5.74, 6) is 0.00696. The smallest absolute Gasteiger partial charge is 0.239 e. The minimum absolute atomic E-state index is 0.281. The number of likely N-dealkylation sites (tertiary alicyclic amines) is 1. The number of carbonyl (C=O) groups is 1. The normalized spacial score (nSPS) is 20.6. The van der Waals surface area contributed by atoms with Gasteiger partial charge in [0.05, 0.1) is 6.10 Å². The highest BCUT2D eigenvalue weighted by atomic mass is 79.9. The molecule has 2 rings (SSSR count). The average molecular weight is 341 g/mol. The Morgan fingerprint density at radius 1 is 1.35 bits per heavy atom. The minimum atomic E-state index is -0.377. The number of hydrogen-bond donors (Lipinski definition) is 2. The Hall–Kier alpha value is -0.910. The van der Waals surface area contributed by atoms with Crippen molar-refractivity contribution < 1.29 is 9.90 Å². The lowest BCUT2D eigenvalue weighted by Gasteiger charge is -2.37. The summed E-state index contributed by atoms with van der Waals surface area (Å²) in [5, 5.41) is 9.64. The molecular formula is C15H21BrN2O2. The van der Waals surface area contributed by atoms with Crippen LogP contribution in [0.15, 0.2) is 28.7 Å². The molecule has 0 radical (unpaired) electrons. The molecule has 1 amide bonds. The van der Waals surface area contributed by atoms with Gasteiger partial charge in [0.1, 0.15) is 6.04 Å². The van der Waals surface area contributed by atoms with Gasteiger partial charge in [-0.15, -0.1) is 0 Å². The third-order valence-electron chi connectivity index (χ3n) is 4.08. The van der Waals surface area contributed by atoms with E-state index >= 15 is 0 Å². The first-order chi connectivity index (χ1) is 9.49. The van der Waals surface area contributed by atoms with Crippen LogP contribution in [0.4, 0.5) is 0 Å². The fourth-order valence-electron chi connectivity index (χ4n) is 2.86. The Bertz CT molecular complexity index is 453. The molecule has 0 saturated carbocycles. The second-order valence-electron chi connectivity index (χ2n) is 5.47. The number of amides is 1. The van der Waals surface area contributed by atoms with Crippen LogP contribution in [0.2, 0.25) is 0 Å². The molecule has 0 aromatic heterocycles. The Labute approximate surface area is 128 Å². The van der Waals surface area contributed by atoms with E-state index in [4.69, 9.17) is 5.73 Å². The molecule has 1 heterocycles. The van der Waals surface area contributed by atoms with Crippen molar-refractivity contribution in [2.75, 3.05) is 13.1 Å². The first-order valence-corrected chi connectivity index (χ1v) is 7.75. The standard InChI is InChI=1S/C15H21BrN2O2/c1-10(19)11-6-8-18(9-7-11)14(15(17)20)12-2-4-13(16)5-3-12/h2-5,10-11,14,19H,6-9H2,1H3,(H2,17,20). The van der Waals surface area contributed by atoms with Crippen LogP contribution in [0.5, 0.6) is 0 Å². The molecule has 1 aromatic carbocycles. The zero-order valence-electron chi connectivity index (χ0n) is 11.6. The second kappa shape index (κ2) is 6.70. The number of benzene rings is 1. The second-order valence-corrected chi connectivity index (χ2v) is 6.39. The van der Waals surface area contributed by atoms with Crippen LogP contribution in [-0.4, -0.2) is 35.1 Å². The third kappa shape index (κ3) is 3.59. The minimum Gasteiger partial charge on any atom is -0.393 e. The third-order valence-corrected chi connectivity index (χ3v) is 4.61. The van der Waals surface area contributed by atoms with Crippen LogP contribution in [0.25, 0.3) is 0 Å². The number of rotatable bonds is 4. The Morgan fingerprint density at radius 2 is 1.90 bits per heavy atom. The first-order valence-electron chi connectivity index (χ1n) is 6.96. The van der Waals surface area contributed by atoms with Crippen molar-refractivity contribution in [1.82, 2.24) is 4.90 Å². The largest absolute Gasteiger partial charge is 0.393 e. The number of nitrogens with two attached hydrogens (primary N) is 1. The van der Waals surface area contributed by atoms with Crippen LogP contribution in [0.3, 0.4) is 0 Å². The molecule has 1 aromatic rings. The number of primary amides is 1. The molecule has 2 atom stereocenters. The molecular weight excluding hydrogens is 320 g/mol. The quantitative estimate of drug-likeness (QED) is 0.881. The number of halogens is 1. The summed E-state index contributed by atoms with van der Waals surface area (Å²) in [5.41, 5.74) is 6.52. The predicted molar refractivity (Wildman–Crippen MR) is 82.1 cm³/mol. The summed E-state index contributed by atoms with van der Waals surface area (Å²) in [4.78, 5) is 13.9. The number of carbonyl (C=O) groups excluding carboxylic acids is 1. The van der Waals surface area contributed by atoms with Crippen molar-refractivity contribution in [2.45, 2.75) is 31.9 Å². The van der Waals surface area contributed by atoms with Crippen molar-refractivity contribution >= 4 is 21.8 Å². The summed E-state index contributed by atoms with van der Waals surface area (Å²) in [6.45, 7) is 3.42. The Morgan fingerprint density at radius 3 is 2.35 bits per heavy atom. The molecule has 1 fully saturated rings. The van der Waals surface area contributed by atoms with Crippen molar-refractivity contribution in [1.29, 1.82) is 0 Å². The van der Waals surface area contributed by atoms with Crippen molar-refractivity contribution in [3.63, 3.8) is 0 Å². The molecule has 1 aliphatic rings. The number of aliphatic hydroxyl groups is 1. The molecule has 0 bridgehead atoms. The summed E-state index contributed by atoms with van der Waals surface area (Å²) < 4.78 is 0.984. The zero-order chi connectivity index (χ0) is 14.7. The number of aliphatic hydroxyl groups excluding tert-OH is 1. The first kappa shape index (κ1) is 15.5. The van der Waals surface area contributed by atoms with Gasteiger partial charge in [0.15, 0.2) is 0 Å². The van der Waals surface area contributed by atoms with E-state index in [1.807, 2.05) is 31.2 Å². The fourth-order valence-corrected chi connectivity index (χ4v) is 3.12.